The maximum atomic E-state index is 13.2. The van der Waals surface area contributed by atoms with Crippen molar-refractivity contribution in [2.24, 2.45) is 5.92 Å². The van der Waals surface area contributed by atoms with E-state index in [1.807, 2.05) is 62.4 Å². The molecule has 198 valence electrons. The van der Waals surface area contributed by atoms with Crippen LogP contribution < -0.4 is 10.6 Å². The zero-order chi connectivity index (χ0) is 26.6. The van der Waals surface area contributed by atoms with Gasteiger partial charge in [0.1, 0.15) is 11.6 Å². The number of sulfonamides is 1. The molecule has 0 radical (unpaired) electrons. The molecule has 1 aromatic heterocycles. The summed E-state index contributed by atoms with van der Waals surface area (Å²) in [6, 6.07) is 16.4. The summed E-state index contributed by atoms with van der Waals surface area (Å²) in [7, 11) is -3.63. The highest BCUT2D eigenvalue weighted by atomic mass is 32.2. The fraction of sp³-hybridized carbons (Fsp3) is 0.407. The Balaban J connectivity index is 1.44. The Bertz CT molecular complexity index is 1310. The number of hydrogen-bond acceptors (Lipinski definition) is 6. The summed E-state index contributed by atoms with van der Waals surface area (Å²) >= 11 is 0. The summed E-state index contributed by atoms with van der Waals surface area (Å²) in [5.74, 6) is -1.01. The van der Waals surface area contributed by atoms with Gasteiger partial charge in [0.25, 0.3) is 5.91 Å². The van der Waals surface area contributed by atoms with Gasteiger partial charge < -0.3 is 20.2 Å². The smallest absolute Gasteiger partial charge is 0.287 e. The van der Waals surface area contributed by atoms with Crippen LogP contribution in [-0.4, -0.2) is 60.1 Å². The Morgan fingerprint density at radius 3 is 2.51 bits per heavy atom. The minimum Gasteiger partial charge on any atom is -0.451 e. The third-order valence-electron chi connectivity index (χ3n) is 6.44. The normalized spacial score (nSPS) is 20.9. The van der Waals surface area contributed by atoms with Gasteiger partial charge in [-0.3, -0.25) is 9.59 Å². The molecule has 37 heavy (non-hydrogen) atoms. The van der Waals surface area contributed by atoms with Crippen LogP contribution in [0.2, 0.25) is 0 Å². The molecular formula is C27H33N3O6S. The second-order valence-electron chi connectivity index (χ2n) is 9.87. The minimum atomic E-state index is -3.63. The number of carbonyl (C=O) groups is 2. The summed E-state index contributed by atoms with van der Waals surface area (Å²) < 4.78 is 32.6. The highest BCUT2D eigenvalue weighted by molar-refractivity contribution is 7.89. The molecule has 3 atom stereocenters. The van der Waals surface area contributed by atoms with Gasteiger partial charge in [-0.25, -0.2) is 8.42 Å². The second-order valence-corrected chi connectivity index (χ2v) is 12.0. The van der Waals surface area contributed by atoms with Crippen LogP contribution in [0.3, 0.4) is 0 Å². The molecule has 10 heteroatoms. The van der Waals surface area contributed by atoms with Crippen LogP contribution in [0.5, 0.6) is 0 Å². The molecule has 2 amide bonds. The molecule has 9 nitrogen and oxygen atoms in total. The largest absolute Gasteiger partial charge is 0.451 e. The van der Waals surface area contributed by atoms with Gasteiger partial charge in [0, 0.05) is 18.5 Å². The average Bonchev–Trinajstić information content (AvgIpc) is 3.26. The Hall–Kier alpha value is -3.21. The number of carbonyl (C=O) groups excluding carboxylic acids is 2. The number of para-hydroxylation sites is 1. The lowest BCUT2D eigenvalue weighted by Gasteiger charge is -2.27. The van der Waals surface area contributed by atoms with Crippen LogP contribution in [0.15, 0.2) is 65.1 Å². The van der Waals surface area contributed by atoms with Gasteiger partial charge in [0.05, 0.1) is 17.9 Å². The van der Waals surface area contributed by atoms with Crippen molar-refractivity contribution in [1.82, 2.24) is 14.9 Å². The molecule has 0 spiro atoms. The molecule has 2 heterocycles. The van der Waals surface area contributed by atoms with Crippen molar-refractivity contribution in [2.75, 3.05) is 12.3 Å². The highest BCUT2D eigenvalue weighted by Crippen LogP contribution is 2.21. The molecule has 1 fully saturated rings. The molecule has 1 aliphatic rings. The van der Waals surface area contributed by atoms with E-state index in [1.165, 1.54) is 4.31 Å². The topological polar surface area (TPSA) is 129 Å². The predicted octanol–water partition coefficient (Wildman–Crippen LogP) is 2.66. The third kappa shape index (κ3) is 6.76. The van der Waals surface area contributed by atoms with E-state index in [1.54, 1.807) is 12.1 Å². The van der Waals surface area contributed by atoms with E-state index in [2.05, 4.69) is 10.6 Å². The van der Waals surface area contributed by atoms with Crippen LogP contribution >= 0.6 is 0 Å². The van der Waals surface area contributed by atoms with Crippen LogP contribution in [-0.2, 0) is 21.4 Å². The fourth-order valence-corrected chi connectivity index (χ4v) is 6.01. The Kier molecular flexibility index (Phi) is 8.31. The van der Waals surface area contributed by atoms with Crippen molar-refractivity contribution < 1.29 is 27.5 Å². The number of amides is 2. The molecule has 1 aliphatic heterocycles. The SMILES string of the molecule is CC(C)C[C@H](NC(=O)c1cc2ccccc2o1)C(=O)N[C@H]1CCS(=O)(=O)N(Cc2ccccc2)CC1O. The van der Waals surface area contributed by atoms with Crippen LogP contribution in [0.4, 0.5) is 0 Å². The summed E-state index contributed by atoms with van der Waals surface area (Å²) in [4.78, 5) is 26.2. The first-order valence-corrected chi connectivity index (χ1v) is 14.0. The number of benzene rings is 2. The van der Waals surface area contributed by atoms with E-state index in [0.717, 1.165) is 10.9 Å². The molecule has 0 aliphatic carbocycles. The molecule has 0 saturated carbocycles. The van der Waals surface area contributed by atoms with Gasteiger partial charge in [-0.1, -0.05) is 62.4 Å². The summed E-state index contributed by atoms with van der Waals surface area (Å²) in [6.45, 7) is 3.87. The lowest BCUT2D eigenvalue weighted by atomic mass is 10.0. The van der Waals surface area contributed by atoms with E-state index >= 15 is 0 Å². The number of β-amino-alcohol motifs (C(OH)–C–C–N with tert-alkyl or cyclic N) is 1. The summed E-state index contributed by atoms with van der Waals surface area (Å²) in [5, 5.41) is 17.2. The van der Waals surface area contributed by atoms with Gasteiger partial charge >= 0.3 is 0 Å². The average molecular weight is 528 g/mol. The van der Waals surface area contributed by atoms with Gasteiger partial charge in [0.15, 0.2) is 5.76 Å². The van der Waals surface area contributed by atoms with Crippen LogP contribution in [0.1, 0.15) is 42.8 Å². The van der Waals surface area contributed by atoms with Gasteiger partial charge in [-0.15, -0.1) is 0 Å². The van der Waals surface area contributed by atoms with Gasteiger partial charge in [-0.05, 0) is 36.5 Å². The van der Waals surface area contributed by atoms with Crippen LogP contribution in [0, 0.1) is 5.92 Å². The Morgan fingerprint density at radius 1 is 1.11 bits per heavy atom. The second kappa shape index (κ2) is 11.5. The number of aliphatic hydroxyl groups is 1. The van der Waals surface area contributed by atoms with Crippen molar-refractivity contribution in [3.63, 3.8) is 0 Å². The maximum Gasteiger partial charge on any atom is 0.287 e. The van der Waals surface area contributed by atoms with Crippen LogP contribution in [0.25, 0.3) is 11.0 Å². The molecule has 3 N–H and O–H groups in total. The number of nitrogens with one attached hydrogen (secondary N) is 2. The molecule has 1 saturated heterocycles. The monoisotopic (exact) mass is 527 g/mol. The quantitative estimate of drug-likeness (QED) is 0.413. The summed E-state index contributed by atoms with van der Waals surface area (Å²) in [6.07, 6.45) is -0.679. The molecule has 0 bridgehead atoms. The Labute approximate surface area is 216 Å². The lowest BCUT2D eigenvalue weighted by Crippen LogP contribution is -2.53. The molecule has 1 unspecified atom stereocenters. The van der Waals surface area contributed by atoms with E-state index in [-0.39, 0.29) is 36.9 Å². The summed E-state index contributed by atoms with van der Waals surface area (Å²) in [5.41, 5.74) is 1.38. The lowest BCUT2D eigenvalue weighted by molar-refractivity contribution is -0.125. The first-order chi connectivity index (χ1) is 17.6. The first-order valence-electron chi connectivity index (χ1n) is 12.4. The van der Waals surface area contributed by atoms with Crippen molar-refractivity contribution in [1.29, 1.82) is 0 Å². The molecule has 2 aromatic carbocycles. The fourth-order valence-electron chi connectivity index (χ4n) is 4.47. The van der Waals surface area contributed by atoms with E-state index in [0.29, 0.717) is 12.0 Å². The number of aliphatic hydroxyl groups excluding tert-OH is 1. The zero-order valence-electron chi connectivity index (χ0n) is 21.0. The van der Waals surface area contributed by atoms with Gasteiger partial charge in [0.2, 0.25) is 15.9 Å². The van der Waals surface area contributed by atoms with Crippen molar-refractivity contribution in [3.05, 3.63) is 72.0 Å². The van der Waals surface area contributed by atoms with Crippen molar-refractivity contribution >= 4 is 32.8 Å². The number of nitrogens with zero attached hydrogens (tertiary/aromatic N) is 1. The van der Waals surface area contributed by atoms with Crippen molar-refractivity contribution in [2.45, 2.75) is 51.4 Å². The van der Waals surface area contributed by atoms with E-state index in [9.17, 15) is 23.1 Å². The number of hydrogen-bond donors (Lipinski definition) is 3. The first kappa shape index (κ1) is 26.8. The maximum absolute atomic E-state index is 13.2. The van der Waals surface area contributed by atoms with E-state index in [4.69, 9.17) is 4.42 Å². The molecular weight excluding hydrogens is 494 g/mol. The number of rotatable bonds is 8. The van der Waals surface area contributed by atoms with Crippen molar-refractivity contribution in [3.8, 4) is 0 Å². The third-order valence-corrected chi connectivity index (χ3v) is 8.26. The zero-order valence-corrected chi connectivity index (χ0v) is 21.8. The highest BCUT2D eigenvalue weighted by Gasteiger charge is 2.36. The van der Waals surface area contributed by atoms with E-state index < -0.39 is 40.0 Å². The molecule has 3 aromatic rings. The predicted molar refractivity (Wildman–Crippen MR) is 140 cm³/mol. The number of fused-ring (bicyclic) bond motifs is 1. The minimum absolute atomic E-state index is 0.0620. The Morgan fingerprint density at radius 2 is 1.81 bits per heavy atom. The number of furan rings is 1. The van der Waals surface area contributed by atoms with Gasteiger partial charge in [-0.2, -0.15) is 4.31 Å². The molecule has 4 rings (SSSR count). The standard InChI is InChI=1S/C27H33N3O6S/c1-18(2)14-22(29-27(33)25-15-20-10-6-7-11-24(20)36-25)26(32)28-21-12-13-37(34,35)30(17-23(21)31)16-19-8-4-3-5-9-19/h3-11,15,18,21-23,31H,12-14,16-17H2,1-2H3,(H,28,32)(H,29,33)/t21-,22-,23?/m0/s1.